The van der Waals surface area contributed by atoms with Gasteiger partial charge < -0.3 is 5.32 Å². The molecule has 0 aliphatic rings. The third-order valence-corrected chi connectivity index (χ3v) is 3.88. The molecule has 2 rings (SSSR count). The largest absolute Gasteiger partial charge is 0.322 e. The Morgan fingerprint density at radius 2 is 1.83 bits per heavy atom. The van der Waals surface area contributed by atoms with Gasteiger partial charge >= 0.3 is 0 Å². The van der Waals surface area contributed by atoms with Gasteiger partial charge in [-0.3, -0.25) is 4.79 Å². The lowest BCUT2D eigenvalue weighted by molar-refractivity contribution is 0.102. The van der Waals surface area contributed by atoms with E-state index in [0.29, 0.717) is 5.56 Å². The van der Waals surface area contributed by atoms with Gasteiger partial charge in [-0.05, 0) is 81.8 Å². The molecular formula is C14H11BrINO. The van der Waals surface area contributed by atoms with Crippen LogP contribution in [0.3, 0.4) is 0 Å². The molecule has 0 aliphatic heterocycles. The van der Waals surface area contributed by atoms with Crippen LogP contribution >= 0.6 is 38.5 Å². The zero-order valence-electron chi connectivity index (χ0n) is 9.71. The van der Waals surface area contributed by atoms with Crippen molar-refractivity contribution in [3.05, 3.63) is 61.6 Å². The Morgan fingerprint density at radius 1 is 1.17 bits per heavy atom. The summed E-state index contributed by atoms with van der Waals surface area (Å²) in [7, 11) is 0. The minimum absolute atomic E-state index is 0.105. The van der Waals surface area contributed by atoms with Crippen LogP contribution in [0.15, 0.2) is 46.9 Å². The number of nitrogens with one attached hydrogen (secondary N) is 1. The van der Waals surface area contributed by atoms with Gasteiger partial charge in [0.25, 0.3) is 5.91 Å². The van der Waals surface area contributed by atoms with Crippen LogP contribution in [-0.4, -0.2) is 5.91 Å². The van der Waals surface area contributed by atoms with E-state index in [4.69, 9.17) is 0 Å². The summed E-state index contributed by atoms with van der Waals surface area (Å²) in [6.07, 6.45) is 0. The highest BCUT2D eigenvalue weighted by Crippen LogP contribution is 2.20. The molecule has 0 spiro atoms. The SMILES string of the molecule is Cc1ccc(Br)c(C(=O)Nc2ccc(I)cc2)c1. The maximum atomic E-state index is 12.1. The summed E-state index contributed by atoms with van der Waals surface area (Å²) < 4.78 is 1.94. The second kappa shape index (κ2) is 5.84. The molecule has 18 heavy (non-hydrogen) atoms. The van der Waals surface area contributed by atoms with Crippen molar-refractivity contribution in [2.45, 2.75) is 6.92 Å². The number of rotatable bonds is 2. The van der Waals surface area contributed by atoms with Crippen LogP contribution in [-0.2, 0) is 0 Å². The molecule has 0 atom stereocenters. The van der Waals surface area contributed by atoms with Crippen LogP contribution in [0.25, 0.3) is 0 Å². The Morgan fingerprint density at radius 3 is 2.50 bits per heavy atom. The minimum Gasteiger partial charge on any atom is -0.322 e. The second-order valence-electron chi connectivity index (χ2n) is 3.94. The van der Waals surface area contributed by atoms with Crippen molar-refractivity contribution >= 4 is 50.1 Å². The zero-order chi connectivity index (χ0) is 13.1. The number of carbonyl (C=O) groups is 1. The van der Waals surface area contributed by atoms with Gasteiger partial charge in [-0.1, -0.05) is 11.6 Å². The molecule has 4 heteroatoms. The topological polar surface area (TPSA) is 29.1 Å². The van der Waals surface area contributed by atoms with Crippen molar-refractivity contribution in [2.24, 2.45) is 0 Å². The van der Waals surface area contributed by atoms with Crippen molar-refractivity contribution in [1.29, 1.82) is 0 Å². The Hall–Kier alpha value is -0.880. The van der Waals surface area contributed by atoms with E-state index < -0.39 is 0 Å². The highest BCUT2D eigenvalue weighted by Gasteiger charge is 2.10. The molecule has 0 bridgehead atoms. The molecule has 1 amide bonds. The van der Waals surface area contributed by atoms with Gasteiger partial charge in [-0.25, -0.2) is 0 Å². The third kappa shape index (κ3) is 3.32. The number of anilines is 1. The average Bonchev–Trinajstić information content (AvgIpc) is 2.35. The van der Waals surface area contributed by atoms with E-state index in [1.54, 1.807) is 0 Å². The third-order valence-electron chi connectivity index (χ3n) is 2.47. The molecule has 0 unspecified atom stereocenters. The molecule has 0 saturated carbocycles. The van der Waals surface area contributed by atoms with Crippen molar-refractivity contribution in [1.82, 2.24) is 0 Å². The highest BCUT2D eigenvalue weighted by atomic mass is 127. The Bertz CT molecular complexity index is 581. The van der Waals surface area contributed by atoms with Gasteiger partial charge in [-0.15, -0.1) is 0 Å². The summed E-state index contributed by atoms with van der Waals surface area (Å²) >= 11 is 5.63. The zero-order valence-corrected chi connectivity index (χ0v) is 13.4. The number of hydrogen-bond donors (Lipinski definition) is 1. The van der Waals surface area contributed by atoms with Crippen LogP contribution in [0.4, 0.5) is 5.69 Å². The molecule has 92 valence electrons. The van der Waals surface area contributed by atoms with Crippen LogP contribution < -0.4 is 5.32 Å². The molecule has 0 fully saturated rings. The summed E-state index contributed by atoms with van der Waals surface area (Å²) in [5.74, 6) is -0.105. The van der Waals surface area contributed by atoms with E-state index in [0.717, 1.165) is 19.3 Å². The standard InChI is InChI=1S/C14H11BrINO/c1-9-2-7-13(15)12(8-9)14(18)17-11-5-3-10(16)4-6-11/h2-8H,1H3,(H,17,18). The second-order valence-corrected chi connectivity index (χ2v) is 6.04. The molecule has 1 N–H and O–H groups in total. The van der Waals surface area contributed by atoms with Gasteiger partial charge in [0.2, 0.25) is 0 Å². The van der Waals surface area contributed by atoms with Gasteiger partial charge in [0, 0.05) is 13.7 Å². The molecule has 2 aromatic rings. The first-order chi connectivity index (χ1) is 8.56. The number of aryl methyl sites for hydroxylation is 1. The van der Waals surface area contributed by atoms with Gasteiger partial charge in [-0.2, -0.15) is 0 Å². The monoisotopic (exact) mass is 415 g/mol. The van der Waals surface area contributed by atoms with Crippen molar-refractivity contribution < 1.29 is 4.79 Å². The maximum Gasteiger partial charge on any atom is 0.256 e. The van der Waals surface area contributed by atoms with E-state index in [1.165, 1.54) is 0 Å². The van der Waals surface area contributed by atoms with E-state index in [1.807, 2.05) is 49.4 Å². The van der Waals surface area contributed by atoms with Crippen molar-refractivity contribution in [2.75, 3.05) is 5.32 Å². The summed E-state index contributed by atoms with van der Waals surface area (Å²) in [6, 6.07) is 13.4. The van der Waals surface area contributed by atoms with Crippen LogP contribution in [0.5, 0.6) is 0 Å². The molecule has 0 radical (unpaired) electrons. The lowest BCUT2D eigenvalue weighted by atomic mass is 10.1. The number of halogens is 2. The van der Waals surface area contributed by atoms with Gasteiger partial charge in [0.1, 0.15) is 0 Å². The fourth-order valence-electron chi connectivity index (χ4n) is 1.54. The Kier molecular flexibility index (Phi) is 4.40. The number of carbonyl (C=O) groups excluding carboxylic acids is 1. The van der Waals surface area contributed by atoms with Crippen molar-refractivity contribution in [3.63, 3.8) is 0 Å². The smallest absolute Gasteiger partial charge is 0.256 e. The van der Waals surface area contributed by atoms with E-state index >= 15 is 0 Å². The fourth-order valence-corrected chi connectivity index (χ4v) is 2.33. The molecule has 2 nitrogen and oxygen atoms in total. The van der Waals surface area contributed by atoms with E-state index in [2.05, 4.69) is 43.8 Å². The minimum atomic E-state index is -0.105. The lowest BCUT2D eigenvalue weighted by Crippen LogP contribution is -2.12. The number of amides is 1. The van der Waals surface area contributed by atoms with Crippen LogP contribution in [0, 0.1) is 10.5 Å². The summed E-state index contributed by atoms with van der Waals surface area (Å²) in [5, 5.41) is 2.88. The molecule has 0 heterocycles. The predicted octanol–water partition coefficient (Wildman–Crippen LogP) is 4.61. The average molecular weight is 416 g/mol. The summed E-state index contributed by atoms with van der Waals surface area (Å²) in [6.45, 7) is 1.97. The normalized spacial score (nSPS) is 10.2. The summed E-state index contributed by atoms with van der Waals surface area (Å²) in [5.41, 5.74) is 2.51. The fraction of sp³-hybridized carbons (Fsp3) is 0.0714. The van der Waals surface area contributed by atoms with Crippen molar-refractivity contribution in [3.8, 4) is 0 Å². The number of benzene rings is 2. The first kappa shape index (κ1) is 13.5. The van der Waals surface area contributed by atoms with E-state index in [9.17, 15) is 4.79 Å². The van der Waals surface area contributed by atoms with Gasteiger partial charge in [0.15, 0.2) is 0 Å². The molecule has 2 aromatic carbocycles. The predicted molar refractivity (Wildman–Crippen MR) is 86.0 cm³/mol. The Balaban J connectivity index is 2.21. The number of hydrogen-bond acceptors (Lipinski definition) is 1. The lowest BCUT2D eigenvalue weighted by Gasteiger charge is -2.07. The van der Waals surface area contributed by atoms with Gasteiger partial charge in [0.05, 0.1) is 5.56 Å². The maximum absolute atomic E-state index is 12.1. The molecule has 0 saturated heterocycles. The summed E-state index contributed by atoms with van der Waals surface area (Å²) in [4.78, 5) is 12.1. The molecular weight excluding hydrogens is 405 g/mol. The van der Waals surface area contributed by atoms with Crippen LogP contribution in [0.2, 0.25) is 0 Å². The first-order valence-electron chi connectivity index (χ1n) is 5.39. The Labute approximate surface area is 128 Å². The molecule has 0 aromatic heterocycles. The van der Waals surface area contributed by atoms with E-state index in [-0.39, 0.29) is 5.91 Å². The molecule has 0 aliphatic carbocycles. The van der Waals surface area contributed by atoms with Crippen LogP contribution in [0.1, 0.15) is 15.9 Å². The first-order valence-corrected chi connectivity index (χ1v) is 7.26. The quantitative estimate of drug-likeness (QED) is 0.712. The highest BCUT2D eigenvalue weighted by molar-refractivity contribution is 14.1.